The Morgan fingerprint density at radius 2 is 2.25 bits per heavy atom. The Morgan fingerprint density at radius 1 is 1.35 bits per heavy atom. The normalized spacial score (nSPS) is 14.4. The molecule has 1 aliphatic heterocycles. The van der Waals surface area contributed by atoms with Crippen molar-refractivity contribution in [3.63, 3.8) is 0 Å². The molecule has 0 atom stereocenters. The van der Waals surface area contributed by atoms with Gasteiger partial charge in [-0.3, -0.25) is 4.98 Å². The maximum atomic E-state index is 8.81. The molecule has 0 unspecified atom stereocenters. The Kier molecular flexibility index (Phi) is 3.42. The van der Waals surface area contributed by atoms with Crippen LogP contribution in [0.5, 0.6) is 5.75 Å². The van der Waals surface area contributed by atoms with Gasteiger partial charge in [0.05, 0.1) is 12.8 Å². The number of pyridine rings is 1. The molecule has 1 fully saturated rings. The van der Waals surface area contributed by atoms with Gasteiger partial charge in [-0.1, -0.05) is 0 Å². The number of aromatic nitrogens is 3. The highest BCUT2D eigenvalue weighted by molar-refractivity contribution is 5.36. The molecule has 1 saturated heterocycles. The third-order valence-corrected chi connectivity index (χ3v) is 3.12. The molecule has 0 saturated carbocycles. The second kappa shape index (κ2) is 5.53. The number of hydrogen-bond acceptors (Lipinski definition) is 6. The molecule has 0 N–H and O–H groups in total. The van der Waals surface area contributed by atoms with Gasteiger partial charge in [0.15, 0.2) is 0 Å². The maximum Gasteiger partial charge on any atom is 0.226 e. The van der Waals surface area contributed by atoms with Crippen LogP contribution in [0.25, 0.3) is 0 Å². The molecule has 0 spiro atoms. The van der Waals surface area contributed by atoms with Crippen molar-refractivity contribution in [2.45, 2.75) is 0 Å². The summed E-state index contributed by atoms with van der Waals surface area (Å²) in [6.45, 7) is 2.34. The van der Waals surface area contributed by atoms with Crippen molar-refractivity contribution in [3.8, 4) is 11.8 Å². The monoisotopic (exact) mass is 267 g/mol. The van der Waals surface area contributed by atoms with Gasteiger partial charge in [0, 0.05) is 31.4 Å². The number of nitriles is 1. The van der Waals surface area contributed by atoms with E-state index in [1.807, 2.05) is 23.1 Å². The van der Waals surface area contributed by atoms with Crippen LogP contribution in [0, 0.1) is 17.2 Å². The number of hydrogen-bond donors (Lipinski definition) is 0. The van der Waals surface area contributed by atoms with E-state index in [1.165, 1.54) is 0 Å². The van der Waals surface area contributed by atoms with Crippen LogP contribution in [-0.2, 0) is 0 Å². The highest BCUT2D eigenvalue weighted by atomic mass is 16.5. The Labute approximate surface area is 116 Å². The average molecular weight is 267 g/mol. The third kappa shape index (κ3) is 2.67. The van der Waals surface area contributed by atoms with E-state index in [2.05, 4.69) is 15.0 Å². The van der Waals surface area contributed by atoms with Gasteiger partial charge >= 0.3 is 0 Å². The zero-order valence-corrected chi connectivity index (χ0v) is 10.8. The van der Waals surface area contributed by atoms with Gasteiger partial charge in [0.1, 0.15) is 17.5 Å². The fourth-order valence-electron chi connectivity index (χ4n) is 2.05. The van der Waals surface area contributed by atoms with Crippen molar-refractivity contribution < 1.29 is 4.74 Å². The van der Waals surface area contributed by atoms with Crippen molar-refractivity contribution in [2.24, 2.45) is 5.92 Å². The summed E-state index contributed by atoms with van der Waals surface area (Å²) in [5, 5.41) is 8.81. The molecule has 3 heterocycles. The summed E-state index contributed by atoms with van der Waals surface area (Å²) in [5.41, 5.74) is 0.394. The van der Waals surface area contributed by atoms with Crippen LogP contribution in [0.4, 0.5) is 5.95 Å². The molecule has 0 amide bonds. The Hall–Kier alpha value is -2.68. The predicted octanol–water partition coefficient (Wildman–Crippen LogP) is 1.26. The Morgan fingerprint density at radius 3 is 3.00 bits per heavy atom. The second-order valence-electron chi connectivity index (χ2n) is 4.62. The number of nitrogens with zero attached hydrogens (tertiary/aromatic N) is 5. The predicted molar refractivity (Wildman–Crippen MR) is 72.2 cm³/mol. The van der Waals surface area contributed by atoms with Crippen LogP contribution in [0.1, 0.15) is 5.69 Å². The lowest BCUT2D eigenvalue weighted by atomic mass is 10.0. The minimum atomic E-state index is 0.394. The lowest BCUT2D eigenvalue weighted by Gasteiger charge is -2.38. The quantitative estimate of drug-likeness (QED) is 0.830. The minimum absolute atomic E-state index is 0.394. The van der Waals surface area contributed by atoms with Gasteiger partial charge in [0.2, 0.25) is 5.95 Å². The topological polar surface area (TPSA) is 74.9 Å². The lowest BCUT2D eigenvalue weighted by Crippen LogP contribution is -2.50. The number of anilines is 1. The fraction of sp³-hybridized carbons (Fsp3) is 0.286. The summed E-state index contributed by atoms with van der Waals surface area (Å²) in [6, 6.07) is 7.36. The molecule has 2 aromatic heterocycles. The zero-order chi connectivity index (χ0) is 13.8. The fourth-order valence-corrected chi connectivity index (χ4v) is 2.05. The average Bonchev–Trinajstić information content (AvgIpc) is 2.47. The van der Waals surface area contributed by atoms with E-state index in [-0.39, 0.29) is 0 Å². The lowest BCUT2D eigenvalue weighted by molar-refractivity contribution is 0.219. The largest absolute Gasteiger partial charge is 0.492 e. The van der Waals surface area contributed by atoms with E-state index >= 15 is 0 Å². The number of ether oxygens (including phenoxy) is 1. The molecule has 0 aromatic carbocycles. The highest BCUT2D eigenvalue weighted by Crippen LogP contribution is 2.21. The summed E-state index contributed by atoms with van der Waals surface area (Å²) in [4.78, 5) is 14.4. The van der Waals surface area contributed by atoms with E-state index < -0.39 is 0 Å². The summed E-state index contributed by atoms with van der Waals surface area (Å²) < 4.78 is 5.66. The van der Waals surface area contributed by atoms with E-state index in [0.29, 0.717) is 24.2 Å². The van der Waals surface area contributed by atoms with Crippen molar-refractivity contribution in [3.05, 3.63) is 42.5 Å². The van der Waals surface area contributed by atoms with Crippen LogP contribution >= 0.6 is 0 Å². The first-order valence-electron chi connectivity index (χ1n) is 6.36. The van der Waals surface area contributed by atoms with Gasteiger partial charge in [-0.2, -0.15) is 5.26 Å². The first-order valence-corrected chi connectivity index (χ1v) is 6.36. The van der Waals surface area contributed by atoms with Crippen LogP contribution in [0.2, 0.25) is 0 Å². The molecule has 2 aromatic rings. The molecule has 20 heavy (non-hydrogen) atoms. The van der Waals surface area contributed by atoms with Crippen LogP contribution in [0.15, 0.2) is 36.8 Å². The SMILES string of the molecule is N#Cc1ccnc(N2CC(COc3cccnc3)C2)n1. The highest BCUT2D eigenvalue weighted by Gasteiger charge is 2.29. The first-order chi connectivity index (χ1) is 9.85. The third-order valence-electron chi connectivity index (χ3n) is 3.12. The van der Waals surface area contributed by atoms with Crippen LogP contribution in [-0.4, -0.2) is 34.6 Å². The molecule has 6 heteroatoms. The van der Waals surface area contributed by atoms with Crippen molar-refractivity contribution in [2.75, 3.05) is 24.6 Å². The maximum absolute atomic E-state index is 8.81. The van der Waals surface area contributed by atoms with Gasteiger partial charge in [-0.25, -0.2) is 9.97 Å². The first kappa shape index (κ1) is 12.4. The molecular weight excluding hydrogens is 254 g/mol. The minimum Gasteiger partial charge on any atom is -0.492 e. The standard InChI is InChI=1S/C14H13N5O/c15-6-12-3-5-17-14(18-12)19-8-11(9-19)10-20-13-2-1-4-16-7-13/h1-5,7,11H,8-10H2. The zero-order valence-electron chi connectivity index (χ0n) is 10.8. The molecule has 6 nitrogen and oxygen atoms in total. The van der Waals surface area contributed by atoms with E-state index in [9.17, 15) is 0 Å². The molecule has 0 radical (unpaired) electrons. The molecule has 1 aliphatic rings. The summed E-state index contributed by atoms with van der Waals surface area (Å²) >= 11 is 0. The van der Waals surface area contributed by atoms with Crippen molar-refractivity contribution in [1.29, 1.82) is 5.26 Å². The molecule has 0 bridgehead atoms. The second-order valence-corrected chi connectivity index (χ2v) is 4.62. The van der Waals surface area contributed by atoms with Gasteiger partial charge in [0.25, 0.3) is 0 Å². The summed E-state index contributed by atoms with van der Waals surface area (Å²) in [6.07, 6.45) is 5.04. The summed E-state index contributed by atoms with van der Waals surface area (Å²) in [5.74, 6) is 1.85. The van der Waals surface area contributed by atoms with Crippen LogP contribution < -0.4 is 9.64 Å². The summed E-state index contributed by atoms with van der Waals surface area (Å²) in [7, 11) is 0. The van der Waals surface area contributed by atoms with Gasteiger partial charge in [-0.15, -0.1) is 0 Å². The molecule has 0 aliphatic carbocycles. The molecule has 100 valence electrons. The van der Waals surface area contributed by atoms with E-state index in [1.54, 1.807) is 24.7 Å². The van der Waals surface area contributed by atoms with Gasteiger partial charge in [-0.05, 0) is 18.2 Å². The van der Waals surface area contributed by atoms with Crippen LogP contribution in [0.3, 0.4) is 0 Å². The Balaban J connectivity index is 1.50. The number of rotatable bonds is 4. The van der Waals surface area contributed by atoms with E-state index in [4.69, 9.17) is 10.00 Å². The van der Waals surface area contributed by atoms with Crippen molar-refractivity contribution >= 4 is 5.95 Å². The van der Waals surface area contributed by atoms with Crippen molar-refractivity contribution in [1.82, 2.24) is 15.0 Å². The molecule has 3 rings (SSSR count). The molecular formula is C14H13N5O. The van der Waals surface area contributed by atoms with Gasteiger partial charge < -0.3 is 9.64 Å². The van der Waals surface area contributed by atoms with E-state index in [0.717, 1.165) is 18.8 Å². The smallest absolute Gasteiger partial charge is 0.226 e. The Bertz CT molecular complexity index is 619.